The minimum absolute atomic E-state index is 0.125. The summed E-state index contributed by atoms with van der Waals surface area (Å²) in [6.07, 6.45) is 9.13. The van der Waals surface area contributed by atoms with E-state index < -0.39 is 0 Å². The van der Waals surface area contributed by atoms with E-state index >= 15 is 0 Å². The topological polar surface area (TPSA) is 49.7 Å². The van der Waals surface area contributed by atoms with E-state index in [2.05, 4.69) is 20.8 Å². The normalized spacial score (nSPS) is 11.8. The summed E-state index contributed by atoms with van der Waals surface area (Å²) in [5.74, 6) is 0.802. The fourth-order valence-electron chi connectivity index (χ4n) is 1.60. The Bertz CT molecular complexity index is 127. The van der Waals surface area contributed by atoms with E-state index in [1.54, 1.807) is 0 Å². The molecule has 1 unspecified atom stereocenters. The maximum absolute atomic E-state index is 7.62. The molecule has 3 nitrogen and oxygen atoms in total. The van der Waals surface area contributed by atoms with E-state index in [4.69, 9.17) is 14.9 Å². The Hall–Kier alpha value is -0.120. The van der Waals surface area contributed by atoms with Crippen LogP contribution in [0.1, 0.15) is 65.7 Å². The zero-order valence-electron chi connectivity index (χ0n) is 12.7. The molecule has 0 aliphatic carbocycles. The van der Waals surface area contributed by atoms with Crippen LogP contribution in [0.2, 0.25) is 0 Å². The summed E-state index contributed by atoms with van der Waals surface area (Å²) in [5, 5.41) is 15.2. The largest absolute Gasteiger partial charge is 0.394 e. The van der Waals surface area contributed by atoms with Crippen LogP contribution in [-0.2, 0) is 4.74 Å². The lowest BCUT2D eigenvalue weighted by Gasteiger charge is -2.14. The average Bonchev–Trinajstić information content (AvgIpc) is 2.42. The molecular formula is C15H34O3. The quantitative estimate of drug-likeness (QED) is 0.561. The van der Waals surface area contributed by atoms with Crippen molar-refractivity contribution >= 4 is 0 Å². The fourth-order valence-corrected chi connectivity index (χ4v) is 1.60. The predicted molar refractivity (Wildman–Crippen MR) is 77.8 cm³/mol. The first-order chi connectivity index (χ1) is 8.76. The minimum atomic E-state index is -0.125. The molecule has 0 saturated heterocycles. The van der Waals surface area contributed by atoms with Gasteiger partial charge in [0.1, 0.15) is 0 Å². The molecule has 0 rings (SSSR count). The van der Waals surface area contributed by atoms with Crippen molar-refractivity contribution < 1.29 is 14.9 Å². The second kappa shape index (κ2) is 19.2. The van der Waals surface area contributed by atoms with E-state index in [0.29, 0.717) is 0 Å². The second-order valence-corrected chi connectivity index (χ2v) is 4.65. The van der Waals surface area contributed by atoms with Crippen molar-refractivity contribution in [2.45, 2.75) is 65.7 Å². The summed E-state index contributed by atoms with van der Waals surface area (Å²) in [6.45, 7) is 8.47. The van der Waals surface area contributed by atoms with Gasteiger partial charge in [-0.05, 0) is 18.8 Å². The SMILES string of the molecule is CCCCCOCC(CC)CCCC.OCCO. The molecule has 0 aliphatic heterocycles. The van der Waals surface area contributed by atoms with Gasteiger partial charge in [0.15, 0.2) is 0 Å². The van der Waals surface area contributed by atoms with E-state index in [9.17, 15) is 0 Å². The van der Waals surface area contributed by atoms with E-state index in [1.165, 1.54) is 44.9 Å². The first-order valence-electron chi connectivity index (χ1n) is 7.56. The van der Waals surface area contributed by atoms with Gasteiger partial charge in [-0.2, -0.15) is 0 Å². The third kappa shape index (κ3) is 18.3. The van der Waals surface area contributed by atoms with Crippen LogP contribution in [0.3, 0.4) is 0 Å². The molecule has 2 N–H and O–H groups in total. The van der Waals surface area contributed by atoms with Gasteiger partial charge in [0, 0.05) is 13.2 Å². The Morgan fingerprint density at radius 1 is 0.889 bits per heavy atom. The summed E-state index contributed by atoms with van der Waals surface area (Å²) in [5.41, 5.74) is 0. The van der Waals surface area contributed by atoms with Crippen molar-refractivity contribution in [2.75, 3.05) is 26.4 Å². The zero-order valence-corrected chi connectivity index (χ0v) is 12.7. The lowest BCUT2D eigenvalue weighted by Crippen LogP contribution is -2.09. The van der Waals surface area contributed by atoms with Gasteiger partial charge >= 0.3 is 0 Å². The molecule has 0 radical (unpaired) electrons. The number of aliphatic hydroxyl groups excluding tert-OH is 2. The van der Waals surface area contributed by atoms with Gasteiger partial charge in [-0.1, -0.05) is 52.9 Å². The van der Waals surface area contributed by atoms with Crippen LogP contribution in [0.15, 0.2) is 0 Å². The number of ether oxygens (including phenoxy) is 1. The molecule has 1 atom stereocenters. The molecule has 0 aromatic heterocycles. The first kappa shape index (κ1) is 20.2. The summed E-state index contributed by atoms with van der Waals surface area (Å²) in [7, 11) is 0. The van der Waals surface area contributed by atoms with Crippen LogP contribution < -0.4 is 0 Å². The lowest BCUT2D eigenvalue weighted by atomic mass is 10.0. The van der Waals surface area contributed by atoms with Gasteiger partial charge in [-0.25, -0.2) is 0 Å². The zero-order chi connectivity index (χ0) is 14.1. The molecule has 0 amide bonds. The maximum atomic E-state index is 7.62. The molecule has 3 heteroatoms. The van der Waals surface area contributed by atoms with Crippen LogP contribution in [0.5, 0.6) is 0 Å². The van der Waals surface area contributed by atoms with Gasteiger partial charge in [0.25, 0.3) is 0 Å². The summed E-state index contributed by atoms with van der Waals surface area (Å²) in [6, 6.07) is 0. The highest BCUT2D eigenvalue weighted by molar-refractivity contribution is 4.55. The highest BCUT2D eigenvalue weighted by Crippen LogP contribution is 2.12. The standard InChI is InChI=1S/C13H28O.C2H6O2/c1-4-7-9-11-14-12-13(6-3)10-8-5-2;3-1-2-4/h13H,4-12H2,1-3H3;3-4H,1-2H2. The number of hydrogen-bond acceptors (Lipinski definition) is 3. The number of hydrogen-bond donors (Lipinski definition) is 2. The molecule has 0 saturated carbocycles. The second-order valence-electron chi connectivity index (χ2n) is 4.65. The van der Waals surface area contributed by atoms with E-state index in [-0.39, 0.29) is 13.2 Å². The van der Waals surface area contributed by atoms with E-state index in [0.717, 1.165) is 19.1 Å². The number of aliphatic hydroxyl groups is 2. The van der Waals surface area contributed by atoms with Crippen LogP contribution in [0.4, 0.5) is 0 Å². The molecule has 0 spiro atoms. The van der Waals surface area contributed by atoms with Crippen molar-refractivity contribution in [1.82, 2.24) is 0 Å². The van der Waals surface area contributed by atoms with Crippen molar-refractivity contribution in [2.24, 2.45) is 5.92 Å². The average molecular weight is 262 g/mol. The van der Waals surface area contributed by atoms with Gasteiger partial charge in [0.2, 0.25) is 0 Å². The molecule has 0 aliphatic rings. The molecule has 0 aromatic carbocycles. The molecular weight excluding hydrogens is 228 g/mol. The Kier molecular flexibility index (Phi) is 21.6. The lowest BCUT2D eigenvalue weighted by molar-refractivity contribution is 0.0911. The van der Waals surface area contributed by atoms with Gasteiger partial charge in [-0.3, -0.25) is 0 Å². The third-order valence-electron chi connectivity index (χ3n) is 2.89. The summed E-state index contributed by atoms with van der Waals surface area (Å²) in [4.78, 5) is 0. The van der Waals surface area contributed by atoms with Crippen LogP contribution in [0.25, 0.3) is 0 Å². The molecule has 0 bridgehead atoms. The Labute approximate surface area is 114 Å². The van der Waals surface area contributed by atoms with Crippen LogP contribution in [-0.4, -0.2) is 36.6 Å². The van der Waals surface area contributed by atoms with Gasteiger partial charge < -0.3 is 14.9 Å². The molecule has 0 fully saturated rings. The van der Waals surface area contributed by atoms with Crippen molar-refractivity contribution in [1.29, 1.82) is 0 Å². The number of unbranched alkanes of at least 4 members (excludes halogenated alkanes) is 3. The van der Waals surface area contributed by atoms with E-state index in [1.807, 2.05) is 0 Å². The highest BCUT2D eigenvalue weighted by Gasteiger charge is 2.05. The third-order valence-corrected chi connectivity index (χ3v) is 2.89. The van der Waals surface area contributed by atoms with Crippen molar-refractivity contribution in [3.05, 3.63) is 0 Å². The van der Waals surface area contributed by atoms with Crippen LogP contribution >= 0.6 is 0 Å². The molecule has 18 heavy (non-hydrogen) atoms. The Morgan fingerprint density at radius 2 is 1.50 bits per heavy atom. The summed E-state index contributed by atoms with van der Waals surface area (Å²) < 4.78 is 5.69. The monoisotopic (exact) mass is 262 g/mol. The Balaban J connectivity index is 0. The van der Waals surface area contributed by atoms with Gasteiger partial charge in [-0.15, -0.1) is 0 Å². The van der Waals surface area contributed by atoms with Gasteiger partial charge in [0.05, 0.1) is 13.2 Å². The number of rotatable bonds is 11. The maximum Gasteiger partial charge on any atom is 0.0662 e. The minimum Gasteiger partial charge on any atom is -0.394 e. The highest BCUT2D eigenvalue weighted by atomic mass is 16.5. The van der Waals surface area contributed by atoms with Crippen molar-refractivity contribution in [3.8, 4) is 0 Å². The summed E-state index contributed by atoms with van der Waals surface area (Å²) >= 11 is 0. The first-order valence-corrected chi connectivity index (χ1v) is 7.56. The predicted octanol–water partition coefficient (Wildman–Crippen LogP) is 3.38. The van der Waals surface area contributed by atoms with Crippen LogP contribution in [0, 0.1) is 5.92 Å². The molecule has 0 aromatic rings. The smallest absolute Gasteiger partial charge is 0.0662 e. The Morgan fingerprint density at radius 3 is 1.94 bits per heavy atom. The van der Waals surface area contributed by atoms with Crippen molar-refractivity contribution in [3.63, 3.8) is 0 Å². The molecule has 0 heterocycles. The molecule has 112 valence electrons. The fraction of sp³-hybridized carbons (Fsp3) is 1.00.